The van der Waals surface area contributed by atoms with Gasteiger partial charge < -0.3 is 10.2 Å². The highest BCUT2D eigenvalue weighted by atomic mass is 32.2. The molecule has 1 fully saturated rings. The van der Waals surface area contributed by atoms with Crippen molar-refractivity contribution in [2.45, 2.75) is 52.0 Å². The van der Waals surface area contributed by atoms with Crippen LogP contribution in [0, 0.1) is 6.92 Å². The SMILES string of the molecule is CCN(C(=O)CSCC(=O)Nc1ccc(C)cc1)C1CCCCC1. The molecule has 1 saturated carbocycles. The number of carbonyl (C=O) groups is 2. The summed E-state index contributed by atoms with van der Waals surface area (Å²) >= 11 is 1.40. The van der Waals surface area contributed by atoms with E-state index in [0.29, 0.717) is 17.5 Å². The lowest BCUT2D eigenvalue weighted by molar-refractivity contribution is -0.131. The van der Waals surface area contributed by atoms with E-state index in [0.717, 1.165) is 30.6 Å². The predicted molar refractivity (Wildman–Crippen MR) is 101 cm³/mol. The molecule has 4 nitrogen and oxygen atoms in total. The zero-order valence-corrected chi connectivity index (χ0v) is 15.5. The number of anilines is 1. The van der Waals surface area contributed by atoms with E-state index in [-0.39, 0.29) is 11.8 Å². The molecule has 0 spiro atoms. The molecule has 2 rings (SSSR count). The number of nitrogens with zero attached hydrogens (tertiary/aromatic N) is 1. The molecule has 0 bridgehead atoms. The number of hydrogen-bond acceptors (Lipinski definition) is 3. The molecule has 1 aromatic rings. The number of rotatable bonds is 7. The van der Waals surface area contributed by atoms with Gasteiger partial charge in [-0.05, 0) is 38.8 Å². The van der Waals surface area contributed by atoms with Crippen LogP contribution < -0.4 is 5.32 Å². The van der Waals surface area contributed by atoms with E-state index < -0.39 is 0 Å². The molecule has 0 unspecified atom stereocenters. The van der Waals surface area contributed by atoms with E-state index in [1.807, 2.05) is 43.0 Å². The van der Waals surface area contributed by atoms with Gasteiger partial charge in [0, 0.05) is 18.3 Å². The molecule has 24 heavy (non-hydrogen) atoms. The number of carbonyl (C=O) groups excluding carboxylic acids is 2. The van der Waals surface area contributed by atoms with Crippen LogP contribution in [0.1, 0.15) is 44.6 Å². The van der Waals surface area contributed by atoms with E-state index in [1.165, 1.54) is 31.0 Å². The summed E-state index contributed by atoms with van der Waals surface area (Å²) in [6.45, 7) is 4.82. The van der Waals surface area contributed by atoms with Crippen molar-refractivity contribution < 1.29 is 9.59 Å². The monoisotopic (exact) mass is 348 g/mol. The van der Waals surface area contributed by atoms with Crippen LogP contribution in [0.25, 0.3) is 0 Å². The summed E-state index contributed by atoms with van der Waals surface area (Å²) in [4.78, 5) is 26.4. The molecule has 1 aliphatic carbocycles. The normalized spacial score (nSPS) is 15.1. The summed E-state index contributed by atoms with van der Waals surface area (Å²) in [6.07, 6.45) is 5.98. The van der Waals surface area contributed by atoms with Crippen molar-refractivity contribution in [3.05, 3.63) is 29.8 Å². The van der Waals surface area contributed by atoms with E-state index in [4.69, 9.17) is 0 Å². The number of hydrogen-bond donors (Lipinski definition) is 1. The fraction of sp³-hybridized carbons (Fsp3) is 0.579. The first-order valence-electron chi connectivity index (χ1n) is 8.84. The Bertz CT molecular complexity index is 539. The fourth-order valence-electron chi connectivity index (χ4n) is 3.18. The van der Waals surface area contributed by atoms with Crippen LogP contribution in [0.5, 0.6) is 0 Å². The molecule has 0 aliphatic heterocycles. The van der Waals surface area contributed by atoms with Crippen molar-refractivity contribution in [2.24, 2.45) is 0 Å². The molecule has 0 saturated heterocycles. The number of aryl methyl sites for hydroxylation is 1. The van der Waals surface area contributed by atoms with E-state index in [9.17, 15) is 9.59 Å². The van der Waals surface area contributed by atoms with Gasteiger partial charge in [-0.15, -0.1) is 11.8 Å². The Morgan fingerprint density at radius 3 is 2.42 bits per heavy atom. The fourth-order valence-corrected chi connectivity index (χ4v) is 3.88. The first-order valence-corrected chi connectivity index (χ1v) is 9.99. The van der Waals surface area contributed by atoms with Gasteiger partial charge >= 0.3 is 0 Å². The van der Waals surface area contributed by atoms with E-state index in [1.54, 1.807) is 0 Å². The van der Waals surface area contributed by atoms with Crippen LogP contribution in [-0.4, -0.2) is 40.8 Å². The highest BCUT2D eigenvalue weighted by Gasteiger charge is 2.23. The van der Waals surface area contributed by atoms with Crippen molar-refractivity contribution in [1.82, 2.24) is 4.90 Å². The van der Waals surface area contributed by atoms with Gasteiger partial charge in [0.1, 0.15) is 0 Å². The van der Waals surface area contributed by atoms with Gasteiger partial charge in [-0.3, -0.25) is 9.59 Å². The maximum Gasteiger partial charge on any atom is 0.234 e. The molecule has 1 N–H and O–H groups in total. The highest BCUT2D eigenvalue weighted by molar-refractivity contribution is 8.00. The number of nitrogens with one attached hydrogen (secondary N) is 1. The summed E-state index contributed by atoms with van der Waals surface area (Å²) in [5.74, 6) is 0.794. The van der Waals surface area contributed by atoms with Crippen LogP contribution >= 0.6 is 11.8 Å². The van der Waals surface area contributed by atoms with Crippen LogP contribution in [-0.2, 0) is 9.59 Å². The number of amides is 2. The van der Waals surface area contributed by atoms with Crippen molar-refractivity contribution in [2.75, 3.05) is 23.4 Å². The van der Waals surface area contributed by atoms with Crippen molar-refractivity contribution in [3.8, 4) is 0 Å². The van der Waals surface area contributed by atoms with Gasteiger partial charge in [-0.25, -0.2) is 0 Å². The second kappa shape index (κ2) is 9.72. The second-order valence-corrected chi connectivity index (χ2v) is 7.36. The quantitative estimate of drug-likeness (QED) is 0.814. The molecule has 5 heteroatoms. The smallest absolute Gasteiger partial charge is 0.234 e. The number of thioether (sulfide) groups is 1. The minimum atomic E-state index is -0.0580. The maximum absolute atomic E-state index is 12.4. The third-order valence-electron chi connectivity index (χ3n) is 4.47. The van der Waals surface area contributed by atoms with Crippen LogP contribution in [0.15, 0.2) is 24.3 Å². The lowest BCUT2D eigenvalue weighted by Gasteiger charge is -2.33. The number of benzene rings is 1. The van der Waals surface area contributed by atoms with Crippen molar-refractivity contribution in [3.63, 3.8) is 0 Å². The van der Waals surface area contributed by atoms with Gasteiger partial charge in [-0.1, -0.05) is 37.0 Å². The van der Waals surface area contributed by atoms with Crippen LogP contribution in [0.4, 0.5) is 5.69 Å². The average molecular weight is 349 g/mol. The minimum absolute atomic E-state index is 0.0580. The first-order chi connectivity index (χ1) is 11.6. The van der Waals surface area contributed by atoms with Crippen LogP contribution in [0.3, 0.4) is 0 Å². The molecule has 0 radical (unpaired) electrons. The molecule has 0 aromatic heterocycles. The van der Waals surface area contributed by atoms with Gasteiger partial charge in [0.15, 0.2) is 0 Å². The summed E-state index contributed by atoms with van der Waals surface area (Å²) in [5.41, 5.74) is 1.96. The summed E-state index contributed by atoms with van der Waals surface area (Å²) < 4.78 is 0. The average Bonchev–Trinajstić information content (AvgIpc) is 2.58. The second-order valence-electron chi connectivity index (χ2n) is 6.38. The lowest BCUT2D eigenvalue weighted by Crippen LogP contribution is -2.42. The lowest BCUT2D eigenvalue weighted by atomic mass is 9.94. The molecular weight excluding hydrogens is 320 g/mol. The minimum Gasteiger partial charge on any atom is -0.339 e. The molecule has 2 amide bonds. The third kappa shape index (κ3) is 5.86. The van der Waals surface area contributed by atoms with E-state index >= 15 is 0 Å². The van der Waals surface area contributed by atoms with Crippen molar-refractivity contribution >= 4 is 29.3 Å². The standard InChI is InChI=1S/C19H28N2O2S/c1-3-21(17-7-5-4-6-8-17)19(23)14-24-13-18(22)20-16-11-9-15(2)10-12-16/h9-12,17H,3-8,13-14H2,1-2H3,(H,20,22). The van der Waals surface area contributed by atoms with Gasteiger partial charge in [0.05, 0.1) is 11.5 Å². The Kier molecular flexibility index (Phi) is 7.63. The summed E-state index contributed by atoms with van der Waals surface area (Å²) in [7, 11) is 0. The Hall–Kier alpha value is -1.49. The van der Waals surface area contributed by atoms with Gasteiger partial charge in [0.25, 0.3) is 0 Å². The third-order valence-corrected chi connectivity index (χ3v) is 5.39. The van der Waals surface area contributed by atoms with Gasteiger partial charge in [0.2, 0.25) is 11.8 Å². The molecular formula is C19H28N2O2S. The topological polar surface area (TPSA) is 49.4 Å². The molecule has 0 atom stereocenters. The zero-order chi connectivity index (χ0) is 17.4. The van der Waals surface area contributed by atoms with Gasteiger partial charge in [-0.2, -0.15) is 0 Å². The first kappa shape index (κ1) is 18.8. The highest BCUT2D eigenvalue weighted by Crippen LogP contribution is 2.23. The summed E-state index contributed by atoms with van der Waals surface area (Å²) in [5, 5.41) is 2.86. The Labute approximate surface area is 149 Å². The Balaban J connectivity index is 1.72. The summed E-state index contributed by atoms with van der Waals surface area (Å²) in [6, 6.07) is 8.12. The molecule has 0 heterocycles. The molecule has 1 aromatic carbocycles. The Morgan fingerprint density at radius 1 is 1.12 bits per heavy atom. The van der Waals surface area contributed by atoms with Crippen molar-refractivity contribution in [1.29, 1.82) is 0 Å². The predicted octanol–water partition coefficient (Wildman–Crippen LogP) is 3.85. The maximum atomic E-state index is 12.4. The molecule has 1 aliphatic rings. The largest absolute Gasteiger partial charge is 0.339 e. The zero-order valence-electron chi connectivity index (χ0n) is 14.7. The van der Waals surface area contributed by atoms with Crippen LogP contribution in [0.2, 0.25) is 0 Å². The Morgan fingerprint density at radius 2 is 1.79 bits per heavy atom. The van der Waals surface area contributed by atoms with E-state index in [2.05, 4.69) is 5.32 Å². The molecule has 132 valence electrons.